The van der Waals surface area contributed by atoms with E-state index in [4.69, 9.17) is 0 Å². The third-order valence-electron chi connectivity index (χ3n) is 5.37. The van der Waals surface area contributed by atoms with Crippen molar-refractivity contribution in [2.75, 3.05) is 7.05 Å². The minimum Gasteiger partial charge on any atom is -0.339 e. The van der Waals surface area contributed by atoms with Gasteiger partial charge in [-0.25, -0.2) is 0 Å². The number of pyridine rings is 1. The second-order valence-electron chi connectivity index (χ2n) is 7.33. The number of H-pyrrole nitrogens is 1. The fourth-order valence-electron chi connectivity index (χ4n) is 3.71. The number of rotatable bonds is 5. The normalized spacial score (nSPS) is 16.6. The highest BCUT2D eigenvalue weighted by atomic mass is 16.2. The van der Waals surface area contributed by atoms with Crippen LogP contribution in [0.25, 0.3) is 0 Å². The van der Waals surface area contributed by atoms with Gasteiger partial charge in [-0.3, -0.25) is 14.9 Å². The Kier molecular flexibility index (Phi) is 5.51. The van der Waals surface area contributed by atoms with Crippen molar-refractivity contribution in [3.63, 3.8) is 0 Å². The van der Waals surface area contributed by atoms with E-state index in [-0.39, 0.29) is 11.9 Å². The van der Waals surface area contributed by atoms with E-state index >= 15 is 0 Å². The summed E-state index contributed by atoms with van der Waals surface area (Å²) in [4.78, 5) is 19.3. The number of aromatic nitrogens is 3. The molecule has 1 amide bonds. The van der Waals surface area contributed by atoms with Gasteiger partial charge in [0.15, 0.2) is 0 Å². The van der Waals surface area contributed by atoms with Gasteiger partial charge in [-0.2, -0.15) is 5.10 Å². The molecule has 0 radical (unpaired) electrons. The monoisotopic (exact) mass is 340 g/mol. The summed E-state index contributed by atoms with van der Waals surface area (Å²) in [6.07, 6.45) is 10.3. The average Bonchev–Trinajstić information content (AvgIpc) is 3.11. The lowest BCUT2D eigenvalue weighted by atomic mass is 9.85. The van der Waals surface area contributed by atoms with Gasteiger partial charge in [-0.05, 0) is 44.4 Å². The summed E-state index contributed by atoms with van der Waals surface area (Å²) in [5, 5.41) is 7.27. The molecule has 5 heteroatoms. The summed E-state index contributed by atoms with van der Waals surface area (Å²) in [6, 6.07) is 4.15. The van der Waals surface area contributed by atoms with Crippen LogP contribution < -0.4 is 0 Å². The number of hydrogen-bond donors (Lipinski definition) is 1. The van der Waals surface area contributed by atoms with Crippen LogP contribution in [0.2, 0.25) is 0 Å². The molecule has 1 fully saturated rings. The summed E-state index contributed by atoms with van der Waals surface area (Å²) in [7, 11) is 1.88. The van der Waals surface area contributed by atoms with Gasteiger partial charge in [-0.15, -0.1) is 0 Å². The molecule has 1 aliphatic carbocycles. The molecule has 0 bridgehead atoms. The molecule has 0 aromatic carbocycles. The van der Waals surface area contributed by atoms with E-state index in [0.29, 0.717) is 5.92 Å². The van der Waals surface area contributed by atoms with E-state index in [2.05, 4.69) is 35.1 Å². The standard InChI is InChI=1S/C20H28N4O/c1-14-9-10-21-17(11-14)12-15(2)24(3)20(25)18-13-22-23-19(18)16-7-5-4-6-8-16/h9-11,13,15-16H,4-8,12H2,1-3H3,(H,22,23)/t15-/m0/s1. The highest BCUT2D eigenvalue weighted by molar-refractivity contribution is 5.95. The van der Waals surface area contributed by atoms with Crippen molar-refractivity contribution < 1.29 is 4.79 Å². The Hall–Kier alpha value is -2.17. The molecule has 2 aromatic rings. The molecular weight excluding hydrogens is 312 g/mol. The third-order valence-corrected chi connectivity index (χ3v) is 5.37. The molecule has 25 heavy (non-hydrogen) atoms. The molecule has 0 unspecified atom stereocenters. The maximum absolute atomic E-state index is 13.0. The number of carbonyl (C=O) groups excluding carboxylic acids is 1. The van der Waals surface area contributed by atoms with E-state index < -0.39 is 0 Å². The number of carbonyl (C=O) groups is 1. The lowest BCUT2D eigenvalue weighted by Gasteiger charge is -2.26. The van der Waals surface area contributed by atoms with E-state index in [0.717, 1.165) is 36.2 Å². The quantitative estimate of drug-likeness (QED) is 0.899. The van der Waals surface area contributed by atoms with Gasteiger partial charge in [-0.1, -0.05) is 19.3 Å². The first-order valence-corrected chi connectivity index (χ1v) is 9.28. The van der Waals surface area contributed by atoms with E-state index in [1.165, 1.54) is 24.8 Å². The van der Waals surface area contributed by atoms with Crippen LogP contribution in [0.15, 0.2) is 24.5 Å². The Morgan fingerprint density at radius 1 is 1.36 bits per heavy atom. The molecule has 1 N–H and O–H groups in total. The zero-order valence-corrected chi connectivity index (χ0v) is 15.5. The Morgan fingerprint density at radius 3 is 2.84 bits per heavy atom. The number of nitrogens with zero attached hydrogens (tertiary/aromatic N) is 3. The number of likely N-dealkylation sites (N-methyl/N-ethyl adjacent to an activating group) is 1. The molecule has 134 valence electrons. The van der Waals surface area contributed by atoms with Crippen LogP contribution in [0.3, 0.4) is 0 Å². The molecule has 0 aliphatic heterocycles. The van der Waals surface area contributed by atoms with E-state index in [9.17, 15) is 4.79 Å². The molecule has 2 aromatic heterocycles. The zero-order valence-electron chi connectivity index (χ0n) is 15.5. The van der Waals surface area contributed by atoms with Gasteiger partial charge in [0.25, 0.3) is 5.91 Å². The fourth-order valence-corrected chi connectivity index (χ4v) is 3.71. The lowest BCUT2D eigenvalue weighted by molar-refractivity contribution is 0.0741. The Bertz CT molecular complexity index is 718. The molecule has 0 spiro atoms. The molecule has 1 aliphatic rings. The zero-order chi connectivity index (χ0) is 17.8. The van der Waals surface area contributed by atoms with Gasteiger partial charge < -0.3 is 4.90 Å². The van der Waals surface area contributed by atoms with Gasteiger partial charge in [0.05, 0.1) is 17.5 Å². The topological polar surface area (TPSA) is 61.9 Å². The number of amides is 1. The molecule has 1 saturated carbocycles. The largest absolute Gasteiger partial charge is 0.339 e. The molecule has 3 rings (SSSR count). The Balaban J connectivity index is 1.71. The summed E-state index contributed by atoms with van der Waals surface area (Å²) in [5.41, 5.74) is 3.98. The van der Waals surface area contributed by atoms with Crippen molar-refractivity contribution >= 4 is 5.91 Å². The van der Waals surface area contributed by atoms with Crippen molar-refractivity contribution in [1.29, 1.82) is 0 Å². The van der Waals surface area contributed by atoms with Crippen molar-refractivity contribution in [3.05, 3.63) is 47.0 Å². The molecule has 5 nitrogen and oxygen atoms in total. The fraction of sp³-hybridized carbons (Fsp3) is 0.550. The van der Waals surface area contributed by atoms with Gasteiger partial charge >= 0.3 is 0 Å². The van der Waals surface area contributed by atoms with Crippen LogP contribution >= 0.6 is 0 Å². The highest BCUT2D eigenvalue weighted by Crippen LogP contribution is 2.33. The highest BCUT2D eigenvalue weighted by Gasteiger charge is 2.26. The smallest absolute Gasteiger partial charge is 0.257 e. The predicted molar refractivity (Wildman–Crippen MR) is 98.6 cm³/mol. The first kappa shape index (κ1) is 17.6. The number of aryl methyl sites for hydroxylation is 1. The van der Waals surface area contributed by atoms with Crippen LogP contribution in [0.1, 0.15) is 72.3 Å². The van der Waals surface area contributed by atoms with Crippen molar-refractivity contribution in [2.45, 2.75) is 64.3 Å². The predicted octanol–water partition coefficient (Wildman–Crippen LogP) is 3.86. The first-order chi connectivity index (χ1) is 12.1. The van der Waals surface area contributed by atoms with Gasteiger partial charge in [0.1, 0.15) is 0 Å². The molecule has 0 saturated heterocycles. The van der Waals surface area contributed by atoms with Crippen molar-refractivity contribution in [1.82, 2.24) is 20.1 Å². The second-order valence-corrected chi connectivity index (χ2v) is 7.33. The molecule has 2 heterocycles. The lowest BCUT2D eigenvalue weighted by Crippen LogP contribution is -2.37. The number of hydrogen-bond acceptors (Lipinski definition) is 3. The molecule has 1 atom stereocenters. The second kappa shape index (κ2) is 7.81. The number of nitrogens with one attached hydrogen (secondary N) is 1. The maximum Gasteiger partial charge on any atom is 0.257 e. The van der Waals surface area contributed by atoms with Crippen LogP contribution in [-0.2, 0) is 6.42 Å². The third kappa shape index (κ3) is 4.09. The SMILES string of the molecule is Cc1ccnc(C[C@H](C)N(C)C(=O)c2cn[nH]c2C2CCCCC2)c1. The summed E-state index contributed by atoms with van der Waals surface area (Å²) >= 11 is 0. The summed E-state index contributed by atoms with van der Waals surface area (Å²) in [5.74, 6) is 0.492. The average molecular weight is 340 g/mol. The van der Waals surface area contributed by atoms with Crippen molar-refractivity contribution in [2.24, 2.45) is 0 Å². The van der Waals surface area contributed by atoms with Crippen molar-refractivity contribution in [3.8, 4) is 0 Å². The minimum absolute atomic E-state index is 0.0504. The van der Waals surface area contributed by atoms with E-state index in [1.54, 1.807) is 6.20 Å². The van der Waals surface area contributed by atoms with Crippen LogP contribution in [-0.4, -0.2) is 39.1 Å². The first-order valence-electron chi connectivity index (χ1n) is 9.28. The maximum atomic E-state index is 13.0. The summed E-state index contributed by atoms with van der Waals surface area (Å²) in [6.45, 7) is 4.13. The Labute approximate surface area is 149 Å². The summed E-state index contributed by atoms with van der Waals surface area (Å²) < 4.78 is 0. The Morgan fingerprint density at radius 2 is 2.12 bits per heavy atom. The van der Waals surface area contributed by atoms with Crippen LogP contribution in [0.5, 0.6) is 0 Å². The number of aromatic amines is 1. The minimum atomic E-state index is 0.0504. The van der Waals surface area contributed by atoms with E-state index in [1.807, 2.05) is 24.2 Å². The van der Waals surface area contributed by atoms with Crippen LogP contribution in [0, 0.1) is 6.92 Å². The van der Waals surface area contributed by atoms with Gasteiger partial charge in [0, 0.05) is 37.3 Å². The van der Waals surface area contributed by atoms with Gasteiger partial charge in [0.2, 0.25) is 0 Å². The molecular formula is C20H28N4O. The van der Waals surface area contributed by atoms with Crippen LogP contribution in [0.4, 0.5) is 0 Å².